The van der Waals surface area contributed by atoms with E-state index < -0.39 is 0 Å². The minimum atomic E-state index is -0.214. The second-order valence-corrected chi connectivity index (χ2v) is 17.6. The Morgan fingerprint density at radius 2 is 0.951 bits per heavy atom. The first-order valence-electron chi connectivity index (χ1n) is 21.5. The molecule has 0 aliphatic heterocycles. The van der Waals surface area contributed by atoms with Gasteiger partial charge in [0.1, 0.15) is 11.2 Å². The van der Waals surface area contributed by atoms with Gasteiger partial charge in [-0.25, -0.2) is 0 Å². The van der Waals surface area contributed by atoms with E-state index in [4.69, 9.17) is 4.42 Å². The Kier molecular flexibility index (Phi) is 6.44. The Balaban J connectivity index is 0.955. The van der Waals surface area contributed by atoms with Crippen LogP contribution in [0.5, 0.6) is 0 Å². The zero-order valence-electron chi connectivity index (χ0n) is 33.9. The van der Waals surface area contributed by atoms with Crippen LogP contribution in [-0.2, 0) is 5.41 Å². The molecular weight excluding hydrogens is 743 g/mol. The number of hydrogen-bond acceptors (Lipinski definition) is 1. The van der Waals surface area contributed by atoms with E-state index in [-0.39, 0.29) is 11.5 Å². The molecule has 0 fully saturated rings. The quantitative estimate of drug-likeness (QED) is 0.175. The van der Waals surface area contributed by atoms with Crippen LogP contribution < -0.4 is 0 Å². The monoisotopic (exact) mass is 781 g/mol. The van der Waals surface area contributed by atoms with Crippen LogP contribution in [0, 0.1) is 0 Å². The predicted octanol–water partition coefficient (Wildman–Crippen LogP) is 15.3. The van der Waals surface area contributed by atoms with Crippen molar-refractivity contribution in [2.75, 3.05) is 0 Å². The molecule has 12 aromatic rings. The normalized spacial score (nSPS) is 15.8. The largest absolute Gasteiger partial charge is 0.455 e. The number of aromatic nitrogens is 3. The summed E-state index contributed by atoms with van der Waals surface area (Å²) in [5.41, 5.74) is 16.6. The first-order chi connectivity index (χ1) is 30.0. The summed E-state index contributed by atoms with van der Waals surface area (Å²) in [7, 11) is 0. The van der Waals surface area contributed by atoms with Crippen molar-refractivity contribution in [3.8, 4) is 22.5 Å². The molecule has 0 radical (unpaired) electrons. The van der Waals surface area contributed by atoms with Gasteiger partial charge in [0.15, 0.2) is 0 Å². The van der Waals surface area contributed by atoms with E-state index in [2.05, 4.69) is 210 Å². The van der Waals surface area contributed by atoms with E-state index in [0.29, 0.717) is 0 Å². The molecule has 1 unspecified atom stereocenters. The van der Waals surface area contributed by atoms with Crippen molar-refractivity contribution in [2.45, 2.75) is 31.7 Å². The third-order valence-corrected chi connectivity index (χ3v) is 14.1. The summed E-state index contributed by atoms with van der Waals surface area (Å²) in [5.74, 6) is 0. The fraction of sp³-hybridized carbons (Fsp3) is 0.0877. The summed E-state index contributed by atoms with van der Waals surface area (Å²) in [6.45, 7) is 4.78. The standard InChI is InChI=1S/C57H39N3O/c1-57(2)45-32-35(59-47-20-10-6-16-39(47)40-17-7-11-21-48(40)59)24-26-37(45)38-27-25-36(33-46(38)57)60-50-23-13-9-19-44(50)54-52(60)31-29-42-41-28-30-51-53(55(41)61-56(42)54)43-18-8-12-22-49(43)58(51)34-14-4-3-5-15-34/h3-14,16-34H,15H2,1-2H3. The highest BCUT2D eigenvalue weighted by atomic mass is 16.3. The number of para-hydroxylation sites is 4. The van der Waals surface area contributed by atoms with Gasteiger partial charge in [-0.2, -0.15) is 0 Å². The van der Waals surface area contributed by atoms with Crippen LogP contribution in [0.1, 0.15) is 37.4 Å². The molecule has 4 heterocycles. The molecule has 0 bridgehead atoms. The van der Waals surface area contributed by atoms with E-state index in [1.807, 2.05) is 0 Å². The molecule has 0 saturated carbocycles. The zero-order valence-corrected chi connectivity index (χ0v) is 33.9. The molecule has 4 aromatic heterocycles. The highest BCUT2D eigenvalue weighted by molar-refractivity contribution is 6.28. The molecule has 0 saturated heterocycles. The lowest BCUT2D eigenvalue weighted by Gasteiger charge is -2.23. The van der Waals surface area contributed by atoms with Crippen LogP contribution in [0.15, 0.2) is 186 Å². The average Bonchev–Trinajstić information content (AvgIpc) is 4.08. The number of fused-ring (bicyclic) bond motifs is 17. The number of allylic oxidation sites excluding steroid dienone is 4. The van der Waals surface area contributed by atoms with E-state index >= 15 is 0 Å². The Bertz CT molecular complexity index is 3900. The van der Waals surface area contributed by atoms with Gasteiger partial charge in [0.2, 0.25) is 0 Å². The molecule has 0 spiro atoms. The van der Waals surface area contributed by atoms with E-state index in [1.54, 1.807) is 0 Å². The molecule has 4 nitrogen and oxygen atoms in total. The van der Waals surface area contributed by atoms with Gasteiger partial charge in [0.25, 0.3) is 0 Å². The van der Waals surface area contributed by atoms with Crippen LogP contribution in [0.25, 0.3) is 110 Å². The van der Waals surface area contributed by atoms with Crippen LogP contribution >= 0.6 is 0 Å². The van der Waals surface area contributed by atoms with Crippen LogP contribution in [0.3, 0.4) is 0 Å². The zero-order chi connectivity index (χ0) is 40.1. The van der Waals surface area contributed by atoms with Gasteiger partial charge in [0, 0.05) is 54.6 Å². The summed E-state index contributed by atoms with van der Waals surface area (Å²) in [4.78, 5) is 0. The molecule has 14 rings (SSSR count). The molecule has 0 amide bonds. The second kappa shape index (κ2) is 11.8. The van der Waals surface area contributed by atoms with Crippen molar-refractivity contribution >= 4 is 87.4 Å². The number of nitrogens with zero attached hydrogens (tertiary/aromatic N) is 3. The Hall–Kier alpha value is -7.56. The first-order valence-corrected chi connectivity index (χ1v) is 21.5. The molecule has 288 valence electrons. The third-order valence-electron chi connectivity index (χ3n) is 14.1. The second-order valence-electron chi connectivity index (χ2n) is 17.6. The highest BCUT2D eigenvalue weighted by Crippen LogP contribution is 2.51. The van der Waals surface area contributed by atoms with Crippen LogP contribution in [0.2, 0.25) is 0 Å². The SMILES string of the molecule is CC1(C)c2cc(-n3c4ccccc4c4ccccc43)ccc2-c2ccc(-n3c4ccccc4c4c5oc6c(ccc7c6c6ccccc6n7C6C=CC=CC6)c5ccc43)cc21. The van der Waals surface area contributed by atoms with Crippen molar-refractivity contribution in [3.05, 3.63) is 193 Å². The third kappa shape index (κ3) is 4.29. The van der Waals surface area contributed by atoms with Crippen molar-refractivity contribution < 1.29 is 4.42 Å². The molecular formula is C57H39N3O. The minimum Gasteiger partial charge on any atom is -0.455 e. The maximum Gasteiger partial charge on any atom is 0.145 e. The average molecular weight is 782 g/mol. The van der Waals surface area contributed by atoms with E-state index in [9.17, 15) is 0 Å². The van der Waals surface area contributed by atoms with Gasteiger partial charge >= 0.3 is 0 Å². The van der Waals surface area contributed by atoms with Gasteiger partial charge in [-0.3, -0.25) is 0 Å². The fourth-order valence-electron chi connectivity index (χ4n) is 11.4. The maximum atomic E-state index is 7.23. The lowest BCUT2D eigenvalue weighted by atomic mass is 9.82. The van der Waals surface area contributed by atoms with Crippen molar-refractivity contribution in [1.29, 1.82) is 0 Å². The lowest BCUT2D eigenvalue weighted by molar-refractivity contribution is 0.647. The number of rotatable bonds is 3. The van der Waals surface area contributed by atoms with Crippen LogP contribution in [0.4, 0.5) is 0 Å². The Morgan fingerprint density at radius 3 is 1.54 bits per heavy atom. The Labute approximate surface area is 351 Å². The summed E-state index contributed by atoms with van der Waals surface area (Å²) < 4.78 is 14.6. The number of hydrogen-bond donors (Lipinski definition) is 0. The summed E-state index contributed by atoms with van der Waals surface area (Å²) in [6, 6.07) is 58.8. The summed E-state index contributed by atoms with van der Waals surface area (Å²) in [6.07, 6.45) is 9.87. The van der Waals surface area contributed by atoms with E-state index in [1.165, 1.54) is 82.5 Å². The van der Waals surface area contributed by atoms with Gasteiger partial charge in [-0.15, -0.1) is 0 Å². The summed E-state index contributed by atoms with van der Waals surface area (Å²) in [5, 5.41) is 9.62. The number of furan rings is 1. The van der Waals surface area contributed by atoms with Gasteiger partial charge in [-0.05, 0) is 101 Å². The van der Waals surface area contributed by atoms with Crippen molar-refractivity contribution in [1.82, 2.24) is 13.7 Å². The molecule has 2 aliphatic carbocycles. The van der Waals surface area contributed by atoms with Crippen molar-refractivity contribution in [2.24, 2.45) is 0 Å². The molecule has 61 heavy (non-hydrogen) atoms. The minimum absolute atomic E-state index is 0.214. The lowest BCUT2D eigenvalue weighted by Crippen LogP contribution is -2.16. The van der Waals surface area contributed by atoms with Gasteiger partial charge < -0.3 is 18.1 Å². The molecule has 8 aromatic carbocycles. The van der Waals surface area contributed by atoms with Crippen molar-refractivity contribution in [3.63, 3.8) is 0 Å². The Morgan fingerprint density at radius 1 is 0.459 bits per heavy atom. The van der Waals surface area contributed by atoms with Gasteiger partial charge in [-0.1, -0.05) is 123 Å². The highest BCUT2D eigenvalue weighted by Gasteiger charge is 2.36. The molecule has 2 aliphatic rings. The maximum absolute atomic E-state index is 7.23. The van der Waals surface area contributed by atoms with Gasteiger partial charge in [0.05, 0.1) is 44.4 Å². The van der Waals surface area contributed by atoms with E-state index in [0.717, 1.165) is 44.9 Å². The number of benzene rings is 8. The fourth-order valence-corrected chi connectivity index (χ4v) is 11.4. The molecule has 0 N–H and O–H groups in total. The smallest absolute Gasteiger partial charge is 0.145 e. The molecule has 1 atom stereocenters. The molecule has 4 heteroatoms. The predicted molar refractivity (Wildman–Crippen MR) is 255 cm³/mol. The topological polar surface area (TPSA) is 27.9 Å². The van der Waals surface area contributed by atoms with Crippen LogP contribution in [-0.4, -0.2) is 13.7 Å². The summed E-state index contributed by atoms with van der Waals surface area (Å²) >= 11 is 0. The first kappa shape index (κ1) is 33.3.